The van der Waals surface area contributed by atoms with E-state index in [4.69, 9.17) is 16.0 Å². The number of fused-ring (bicyclic) bond motifs is 1. The molecule has 1 heterocycles. The van der Waals surface area contributed by atoms with Gasteiger partial charge in [0.2, 0.25) is 0 Å². The third kappa shape index (κ3) is 2.57. The largest absolute Gasteiger partial charge is 0.422 e. The van der Waals surface area contributed by atoms with Gasteiger partial charge in [0.15, 0.2) is 0 Å². The van der Waals surface area contributed by atoms with Crippen LogP contribution < -0.4 is 5.63 Å². The summed E-state index contributed by atoms with van der Waals surface area (Å²) in [5, 5.41) is 0.864. The van der Waals surface area contributed by atoms with Crippen molar-refractivity contribution >= 4 is 34.3 Å². The molecule has 2 aromatic carbocycles. The molecule has 0 aliphatic carbocycles. The van der Waals surface area contributed by atoms with Gasteiger partial charge >= 0.3 is 5.63 Å². The summed E-state index contributed by atoms with van der Waals surface area (Å²) in [5.41, 5.74) is 0.119. The Kier molecular flexibility index (Phi) is 3.51. The van der Waals surface area contributed by atoms with Crippen molar-refractivity contribution in [3.63, 3.8) is 0 Å². The maximum absolute atomic E-state index is 13.1. The van der Waals surface area contributed by atoms with Crippen LogP contribution in [0.15, 0.2) is 67.5 Å². The van der Waals surface area contributed by atoms with Crippen LogP contribution in [0, 0.1) is 5.82 Å². The van der Waals surface area contributed by atoms with E-state index in [2.05, 4.69) is 0 Å². The third-order valence-corrected chi connectivity index (χ3v) is 4.01. The highest BCUT2D eigenvalue weighted by Gasteiger charge is 2.08. The molecule has 0 amide bonds. The maximum atomic E-state index is 13.1. The summed E-state index contributed by atoms with van der Waals surface area (Å²) in [7, 11) is 0. The van der Waals surface area contributed by atoms with Crippen LogP contribution in [0.3, 0.4) is 0 Å². The Hall–Kier alpha value is -1.78. The SMILES string of the molecule is O=c1oc2ccccc2cc1Sc1ccc(F)c(Cl)c1. The van der Waals surface area contributed by atoms with Gasteiger partial charge in [-0.15, -0.1) is 0 Å². The molecule has 0 fully saturated rings. The van der Waals surface area contributed by atoms with E-state index in [1.807, 2.05) is 12.1 Å². The summed E-state index contributed by atoms with van der Waals surface area (Å²) in [4.78, 5) is 13.0. The Balaban J connectivity index is 2.03. The van der Waals surface area contributed by atoms with E-state index in [9.17, 15) is 9.18 Å². The predicted octanol–water partition coefficient (Wildman–Crippen LogP) is 4.74. The van der Waals surface area contributed by atoms with Gasteiger partial charge in [0, 0.05) is 10.3 Å². The van der Waals surface area contributed by atoms with Crippen LogP contribution in [0.2, 0.25) is 5.02 Å². The van der Waals surface area contributed by atoms with Crippen molar-refractivity contribution < 1.29 is 8.81 Å². The lowest BCUT2D eigenvalue weighted by molar-refractivity contribution is 0.544. The van der Waals surface area contributed by atoms with Crippen LogP contribution in [0.5, 0.6) is 0 Å². The minimum absolute atomic E-state index is 0.0279. The lowest BCUT2D eigenvalue weighted by Crippen LogP contribution is -2.01. The van der Waals surface area contributed by atoms with Crippen LogP contribution in [0.4, 0.5) is 4.39 Å². The molecule has 2 nitrogen and oxygen atoms in total. The van der Waals surface area contributed by atoms with Crippen molar-refractivity contribution in [2.45, 2.75) is 9.79 Å². The van der Waals surface area contributed by atoms with Gasteiger partial charge in [0.05, 0.1) is 9.92 Å². The Morgan fingerprint density at radius 2 is 1.90 bits per heavy atom. The molecule has 0 spiro atoms. The summed E-state index contributed by atoms with van der Waals surface area (Å²) in [5.74, 6) is -0.485. The van der Waals surface area contributed by atoms with Crippen molar-refractivity contribution in [1.29, 1.82) is 0 Å². The first kappa shape index (κ1) is 13.2. The average molecular weight is 307 g/mol. The molecule has 0 radical (unpaired) electrons. The average Bonchev–Trinajstić information content (AvgIpc) is 2.44. The maximum Gasteiger partial charge on any atom is 0.350 e. The Bertz CT molecular complexity index is 845. The van der Waals surface area contributed by atoms with E-state index in [1.165, 1.54) is 23.9 Å². The summed E-state index contributed by atoms with van der Waals surface area (Å²) in [6.07, 6.45) is 0. The normalized spacial score (nSPS) is 10.9. The first-order valence-electron chi connectivity index (χ1n) is 5.79. The number of para-hydroxylation sites is 1. The lowest BCUT2D eigenvalue weighted by atomic mass is 10.2. The molecule has 3 aromatic rings. The number of rotatable bonds is 2. The molecule has 20 heavy (non-hydrogen) atoms. The van der Waals surface area contributed by atoms with Crippen molar-refractivity contribution in [2.75, 3.05) is 0 Å². The van der Waals surface area contributed by atoms with E-state index < -0.39 is 11.4 Å². The fourth-order valence-corrected chi connectivity index (χ4v) is 2.90. The topological polar surface area (TPSA) is 30.2 Å². The van der Waals surface area contributed by atoms with E-state index in [1.54, 1.807) is 24.3 Å². The molecule has 0 unspecified atom stereocenters. The molecule has 100 valence electrons. The molecule has 3 rings (SSSR count). The monoisotopic (exact) mass is 306 g/mol. The molecule has 0 bridgehead atoms. The first-order valence-corrected chi connectivity index (χ1v) is 6.99. The van der Waals surface area contributed by atoms with E-state index in [0.717, 1.165) is 5.39 Å². The molecule has 5 heteroatoms. The third-order valence-electron chi connectivity index (χ3n) is 2.73. The van der Waals surface area contributed by atoms with Crippen molar-refractivity contribution in [2.24, 2.45) is 0 Å². The number of hydrogen-bond donors (Lipinski definition) is 0. The van der Waals surface area contributed by atoms with Gasteiger partial charge in [-0.2, -0.15) is 0 Å². The van der Waals surface area contributed by atoms with E-state index >= 15 is 0 Å². The summed E-state index contributed by atoms with van der Waals surface area (Å²) in [6.45, 7) is 0. The molecule has 0 saturated carbocycles. The van der Waals surface area contributed by atoms with Crippen molar-refractivity contribution in [3.05, 3.63) is 69.8 Å². The van der Waals surface area contributed by atoms with Gasteiger partial charge in [0.1, 0.15) is 11.4 Å². The van der Waals surface area contributed by atoms with Crippen molar-refractivity contribution in [3.8, 4) is 0 Å². The predicted molar refractivity (Wildman–Crippen MR) is 78.0 cm³/mol. The molecule has 0 aliphatic rings. The zero-order chi connectivity index (χ0) is 14.1. The Morgan fingerprint density at radius 3 is 2.70 bits per heavy atom. The van der Waals surface area contributed by atoms with Crippen LogP contribution in [-0.4, -0.2) is 0 Å². The highest BCUT2D eigenvalue weighted by Crippen LogP contribution is 2.30. The highest BCUT2D eigenvalue weighted by atomic mass is 35.5. The number of benzene rings is 2. The smallest absolute Gasteiger partial charge is 0.350 e. The zero-order valence-electron chi connectivity index (χ0n) is 10.1. The molecular weight excluding hydrogens is 299 g/mol. The lowest BCUT2D eigenvalue weighted by Gasteiger charge is -2.03. The van der Waals surface area contributed by atoms with Crippen LogP contribution in [-0.2, 0) is 0 Å². The van der Waals surface area contributed by atoms with Gasteiger partial charge in [-0.3, -0.25) is 0 Å². The van der Waals surface area contributed by atoms with E-state index in [-0.39, 0.29) is 5.02 Å². The number of hydrogen-bond acceptors (Lipinski definition) is 3. The van der Waals surface area contributed by atoms with Crippen LogP contribution >= 0.6 is 23.4 Å². The second kappa shape index (κ2) is 5.31. The van der Waals surface area contributed by atoms with Gasteiger partial charge < -0.3 is 4.42 Å². The molecule has 0 aliphatic heterocycles. The molecule has 1 aromatic heterocycles. The second-order valence-corrected chi connectivity index (χ2v) is 5.64. The number of halogens is 2. The molecule has 0 atom stereocenters. The molecule has 0 saturated heterocycles. The van der Waals surface area contributed by atoms with Gasteiger partial charge in [-0.1, -0.05) is 41.6 Å². The molecular formula is C15H8ClFO2S. The fraction of sp³-hybridized carbons (Fsp3) is 0. The summed E-state index contributed by atoms with van der Waals surface area (Å²) >= 11 is 6.92. The highest BCUT2D eigenvalue weighted by molar-refractivity contribution is 7.99. The van der Waals surface area contributed by atoms with Gasteiger partial charge in [-0.25, -0.2) is 9.18 Å². The van der Waals surface area contributed by atoms with Crippen LogP contribution in [0.25, 0.3) is 11.0 Å². The fourth-order valence-electron chi connectivity index (χ4n) is 1.78. The van der Waals surface area contributed by atoms with Crippen molar-refractivity contribution in [1.82, 2.24) is 0 Å². The Labute approximate surface area is 123 Å². The first-order chi connectivity index (χ1) is 9.63. The van der Waals surface area contributed by atoms with E-state index in [0.29, 0.717) is 15.4 Å². The molecule has 0 N–H and O–H groups in total. The van der Waals surface area contributed by atoms with Gasteiger partial charge in [-0.05, 0) is 30.3 Å². The standard InChI is InChI=1S/C15H8ClFO2S/c16-11-8-10(5-6-12(11)17)20-14-7-9-3-1-2-4-13(9)19-15(14)18/h1-8H. The Morgan fingerprint density at radius 1 is 1.10 bits per heavy atom. The second-order valence-electron chi connectivity index (χ2n) is 4.11. The summed E-state index contributed by atoms with van der Waals surface area (Å²) in [6, 6.07) is 13.3. The minimum atomic E-state index is -0.485. The van der Waals surface area contributed by atoms with Gasteiger partial charge in [0.25, 0.3) is 0 Å². The summed E-state index contributed by atoms with van der Waals surface area (Å²) < 4.78 is 18.3. The van der Waals surface area contributed by atoms with Crippen LogP contribution in [0.1, 0.15) is 0 Å². The quantitative estimate of drug-likeness (QED) is 0.641. The zero-order valence-corrected chi connectivity index (χ0v) is 11.7. The minimum Gasteiger partial charge on any atom is -0.422 e.